The van der Waals surface area contributed by atoms with E-state index >= 15 is 0 Å². The van der Waals surface area contributed by atoms with Gasteiger partial charge in [-0.3, -0.25) is 9.79 Å². The Bertz CT molecular complexity index is 503. The van der Waals surface area contributed by atoms with Crippen LogP contribution in [0.5, 0.6) is 0 Å². The van der Waals surface area contributed by atoms with E-state index in [1.807, 2.05) is 32.0 Å². The molecule has 1 amide bonds. The Labute approximate surface area is 101 Å². The Balaban J connectivity index is 2.56. The third kappa shape index (κ3) is 2.28. The van der Waals surface area contributed by atoms with Crippen LogP contribution in [0.15, 0.2) is 35.8 Å². The molecule has 3 nitrogen and oxygen atoms in total. The first-order valence-electron chi connectivity index (χ1n) is 5.68. The van der Waals surface area contributed by atoms with Gasteiger partial charge in [0.2, 0.25) is 5.91 Å². The first-order valence-corrected chi connectivity index (χ1v) is 5.68. The molecule has 1 aliphatic heterocycles. The molecule has 0 aliphatic carbocycles. The Morgan fingerprint density at radius 1 is 1.47 bits per heavy atom. The molecule has 0 saturated heterocycles. The number of carbonyl (C=O) groups is 1. The summed E-state index contributed by atoms with van der Waals surface area (Å²) < 4.78 is 0. The summed E-state index contributed by atoms with van der Waals surface area (Å²) in [5.41, 5.74) is 3.72. The highest BCUT2D eigenvalue weighted by Crippen LogP contribution is 2.32. The number of carbonyl (C=O) groups excluding carboxylic acids is 1. The summed E-state index contributed by atoms with van der Waals surface area (Å²) in [5, 5.41) is 0. The summed E-state index contributed by atoms with van der Waals surface area (Å²) >= 11 is 0. The molecule has 1 heterocycles. The van der Waals surface area contributed by atoms with Crippen molar-refractivity contribution in [2.75, 3.05) is 11.4 Å². The average Bonchev–Trinajstić information content (AvgIpc) is 2.38. The van der Waals surface area contributed by atoms with Gasteiger partial charge < -0.3 is 4.90 Å². The molecule has 0 radical (unpaired) electrons. The molecule has 0 atom stereocenters. The van der Waals surface area contributed by atoms with Gasteiger partial charge in [-0.2, -0.15) is 0 Å². The van der Waals surface area contributed by atoms with Crippen molar-refractivity contribution in [3.63, 3.8) is 0 Å². The summed E-state index contributed by atoms with van der Waals surface area (Å²) in [6.07, 6.45) is 2.12. The number of benzene rings is 1. The standard InChI is InChI=1S/C14H16N2O/c1-4-7-16-13-8-10(2)5-6-12(13)15-11(3)9-14(16)17/h4-6,8H,1,7,9H2,2-3H3. The van der Waals surface area contributed by atoms with Crippen molar-refractivity contribution in [2.45, 2.75) is 20.3 Å². The predicted octanol–water partition coefficient (Wildman–Crippen LogP) is 3.01. The number of hydrogen-bond donors (Lipinski definition) is 0. The van der Waals surface area contributed by atoms with Crippen LogP contribution in [-0.2, 0) is 4.79 Å². The molecule has 1 aromatic rings. The Hall–Kier alpha value is -1.90. The quantitative estimate of drug-likeness (QED) is 0.716. The second-order valence-corrected chi connectivity index (χ2v) is 4.31. The van der Waals surface area contributed by atoms with E-state index in [9.17, 15) is 4.79 Å². The molecule has 0 bridgehead atoms. The summed E-state index contributed by atoms with van der Waals surface area (Å²) in [4.78, 5) is 18.3. The molecule has 0 unspecified atom stereocenters. The van der Waals surface area contributed by atoms with Gasteiger partial charge in [-0.1, -0.05) is 12.1 Å². The number of nitrogens with zero attached hydrogens (tertiary/aromatic N) is 2. The van der Waals surface area contributed by atoms with Gasteiger partial charge in [0.25, 0.3) is 0 Å². The minimum absolute atomic E-state index is 0.0792. The molecule has 1 aromatic carbocycles. The van der Waals surface area contributed by atoms with Gasteiger partial charge in [-0.25, -0.2) is 0 Å². The molecule has 17 heavy (non-hydrogen) atoms. The molecule has 3 heteroatoms. The summed E-state index contributed by atoms with van der Waals surface area (Å²) in [7, 11) is 0. The van der Waals surface area contributed by atoms with E-state index in [1.54, 1.807) is 11.0 Å². The van der Waals surface area contributed by atoms with Crippen molar-refractivity contribution in [3.8, 4) is 0 Å². The second kappa shape index (κ2) is 4.53. The highest BCUT2D eigenvalue weighted by Gasteiger charge is 2.21. The third-order valence-corrected chi connectivity index (χ3v) is 2.75. The Morgan fingerprint density at radius 3 is 2.94 bits per heavy atom. The zero-order valence-corrected chi connectivity index (χ0v) is 10.2. The van der Waals surface area contributed by atoms with E-state index in [1.165, 1.54) is 0 Å². The molecule has 0 N–H and O–H groups in total. The van der Waals surface area contributed by atoms with Crippen molar-refractivity contribution < 1.29 is 4.79 Å². The highest BCUT2D eigenvalue weighted by atomic mass is 16.2. The smallest absolute Gasteiger partial charge is 0.233 e. The first-order chi connectivity index (χ1) is 8.11. The fourth-order valence-electron chi connectivity index (χ4n) is 1.97. The molecule has 88 valence electrons. The lowest BCUT2D eigenvalue weighted by atomic mass is 10.1. The fourth-order valence-corrected chi connectivity index (χ4v) is 1.97. The van der Waals surface area contributed by atoms with Crippen molar-refractivity contribution in [2.24, 2.45) is 4.99 Å². The Kier molecular flexibility index (Phi) is 3.09. The van der Waals surface area contributed by atoms with Gasteiger partial charge in [-0.15, -0.1) is 6.58 Å². The molecule has 0 fully saturated rings. The van der Waals surface area contributed by atoms with Crippen LogP contribution < -0.4 is 4.90 Å². The van der Waals surface area contributed by atoms with Crippen LogP contribution in [0.3, 0.4) is 0 Å². The lowest BCUT2D eigenvalue weighted by molar-refractivity contribution is -0.117. The van der Waals surface area contributed by atoms with E-state index in [4.69, 9.17) is 0 Å². The maximum atomic E-state index is 12.1. The molecular weight excluding hydrogens is 212 g/mol. The van der Waals surface area contributed by atoms with Crippen LogP contribution in [0.4, 0.5) is 11.4 Å². The number of fused-ring (bicyclic) bond motifs is 1. The van der Waals surface area contributed by atoms with Gasteiger partial charge in [-0.05, 0) is 31.5 Å². The zero-order chi connectivity index (χ0) is 12.4. The lowest BCUT2D eigenvalue weighted by Gasteiger charge is -2.21. The molecule has 0 spiro atoms. The SMILES string of the molecule is C=CCN1C(=O)CC(C)=Nc2ccc(C)cc21. The number of anilines is 1. The maximum Gasteiger partial charge on any atom is 0.233 e. The fraction of sp³-hybridized carbons (Fsp3) is 0.286. The van der Waals surface area contributed by atoms with Crippen LogP contribution in [0.1, 0.15) is 18.9 Å². The molecule has 0 saturated carbocycles. The van der Waals surface area contributed by atoms with Crippen LogP contribution in [0.25, 0.3) is 0 Å². The van der Waals surface area contributed by atoms with Crippen molar-refractivity contribution >= 4 is 23.0 Å². The predicted molar refractivity (Wildman–Crippen MR) is 71.1 cm³/mol. The molecule has 0 aromatic heterocycles. The molecule has 1 aliphatic rings. The van der Waals surface area contributed by atoms with Crippen molar-refractivity contribution in [1.29, 1.82) is 0 Å². The van der Waals surface area contributed by atoms with Crippen molar-refractivity contribution in [1.82, 2.24) is 0 Å². The minimum atomic E-state index is 0.0792. The summed E-state index contributed by atoms with van der Waals surface area (Å²) in [6.45, 7) is 8.13. The summed E-state index contributed by atoms with van der Waals surface area (Å²) in [6, 6.07) is 5.97. The number of aryl methyl sites for hydroxylation is 1. The van der Waals surface area contributed by atoms with Crippen LogP contribution >= 0.6 is 0 Å². The zero-order valence-electron chi connectivity index (χ0n) is 10.2. The molecule has 2 rings (SSSR count). The largest absolute Gasteiger partial charge is 0.306 e. The van der Waals surface area contributed by atoms with E-state index in [2.05, 4.69) is 11.6 Å². The highest BCUT2D eigenvalue weighted by molar-refractivity contribution is 6.11. The van der Waals surface area contributed by atoms with Gasteiger partial charge in [0.15, 0.2) is 0 Å². The van der Waals surface area contributed by atoms with Gasteiger partial charge >= 0.3 is 0 Å². The van der Waals surface area contributed by atoms with E-state index < -0.39 is 0 Å². The topological polar surface area (TPSA) is 32.7 Å². The van der Waals surface area contributed by atoms with E-state index in [-0.39, 0.29) is 5.91 Å². The van der Waals surface area contributed by atoms with Crippen molar-refractivity contribution in [3.05, 3.63) is 36.4 Å². The van der Waals surface area contributed by atoms with Crippen LogP contribution in [0, 0.1) is 6.92 Å². The number of rotatable bonds is 2. The van der Waals surface area contributed by atoms with Gasteiger partial charge in [0.05, 0.1) is 17.8 Å². The molecular formula is C14H16N2O. The average molecular weight is 228 g/mol. The van der Waals surface area contributed by atoms with Gasteiger partial charge in [0.1, 0.15) is 0 Å². The summed E-state index contributed by atoms with van der Waals surface area (Å²) in [5.74, 6) is 0.0792. The third-order valence-electron chi connectivity index (χ3n) is 2.75. The maximum absolute atomic E-state index is 12.1. The second-order valence-electron chi connectivity index (χ2n) is 4.31. The first kappa shape index (κ1) is 11.6. The monoisotopic (exact) mass is 228 g/mol. The van der Waals surface area contributed by atoms with Crippen LogP contribution in [-0.4, -0.2) is 18.2 Å². The van der Waals surface area contributed by atoms with E-state index in [0.717, 1.165) is 22.6 Å². The van der Waals surface area contributed by atoms with Crippen LogP contribution in [0.2, 0.25) is 0 Å². The normalized spacial score (nSPS) is 15.1. The number of amides is 1. The Morgan fingerprint density at radius 2 is 2.24 bits per heavy atom. The van der Waals surface area contributed by atoms with Gasteiger partial charge in [0, 0.05) is 12.3 Å². The minimum Gasteiger partial charge on any atom is -0.306 e. The lowest BCUT2D eigenvalue weighted by Crippen LogP contribution is -2.31. The number of hydrogen-bond acceptors (Lipinski definition) is 2. The number of aliphatic imine (C=N–C) groups is 1. The van der Waals surface area contributed by atoms with E-state index in [0.29, 0.717) is 13.0 Å².